The predicted octanol–water partition coefficient (Wildman–Crippen LogP) is 1.27. The molecule has 0 aliphatic heterocycles. The third-order valence-electron chi connectivity index (χ3n) is 2.60. The number of sulfonamides is 1. The normalized spacial score (nSPS) is 12.9. The lowest BCUT2D eigenvalue weighted by atomic mass is 10.2. The molecular weight excluding hydrogens is 307 g/mol. The Balaban J connectivity index is 3.10. The van der Waals surface area contributed by atoms with Crippen molar-refractivity contribution in [1.82, 2.24) is 4.72 Å². The maximum atomic E-state index is 13.4. The van der Waals surface area contributed by atoms with E-state index in [1.54, 1.807) is 6.92 Å². The number of nitro benzene ring substituents is 1. The molecule has 0 unspecified atom stereocenters. The van der Waals surface area contributed by atoms with Crippen molar-refractivity contribution >= 4 is 21.7 Å². The van der Waals surface area contributed by atoms with Gasteiger partial charge in [-0.25, -0.2) is 8.42 Å². The summed E-state index contributed by atoms with van der Waals surface area (Å²) in [5.74, 6) is -2.67. The highest BCUT2D eigenvalue weighted by Gasteiger charge is 2.26. The Morgan fingerprint density at radius 2 is 2.14 bits per heavy atom. The average Bonchev–Trinajstić information content (AvgIpc) is 2.37. The summed E-state index contributed by atoms with van der Waals surface area (Å²) in [5, 5.41) is 19.4. The number of halogens is 1. The lowest BCUT2D eigenvalue weighted by Gasteiger charge is -2.13. The van der Waals surface area contributed by atoms with E-state index in [2.05, 4.69) is 0 Å². The lowest BCUT2D eigenvalue weighted by Crippen LogP contribution is -2.40. The van der Waals surface area contributed by atoms with Gasteiger partial charge in [0, 0.05) is 12.1 Å². The molecule has 0 saturated carbocycles. The first-order chi connectivity index (χ1) is 9.69. The number of carboxylic acid groups (broad SMARTS) is 1. The zero-order chi connectivity index (χ0) is 16.2. The van der Waals surface area contributed by atoms with Crippen LogP contribution in [0.1, 0.15) is 19.8 Å². The van der Waals surface area contributed by atoms with Crippen LogP contribution in [0, 0.1) is 15.9 Å². The Labute approximate surface area is 119 Å². The topological polar surface area (TPSA) is 127 Å². The molecule has 0 aliphatic rings. The van der Waals surface area contributed by atoms with Crippen LogP contribution in [0.3, 0.4) is 0 Å². The van der Waals surface area contributed by atoms with Gasteiger partial charge in [0.2, 0.25) is 15.8 Å². The van der Waals surface area contributed by atoms with Crippen LogP contribution in [-0.2, 0) is 14.8 Å². The summed E-state index contributed by atoms with van der Waals surface area (Å²) in [6.45, 7) is 1.68. The largest absolute Gasteiger partial charge is 0.480 e. The molecule has 21 heavy (non-hydrogen) atoms. The number of carbonyl (C=O) groups is 1. The second kappa shape index (κ2) is 6.59. The van der Waals surface area contributed by atoms with E-state index in [1.165, 1.54) is 0 Å². The third-order valence-corrected chi connectivity index (χ3v) is 4.07. The predicted molar refractivity (Wildman–Crippen MR) is 69.7 cm³/mol. The van der Waals surface area contributed by atoms with Crippen molar-refractivity contribution in [2.75, 3.05) is 0 Å². The van der Waals surface area contributed by atoms with Crippen LogP contribution < -0.4 is 4.72 Å². The molecule has 0 spiro atoms. The molecule has 0 fully saturated rings. The van der Waals surface area contributed by atoms with E-state index in [0.717, 1.165) is 6.07 Å². The van der Waals surface area contributed by atoms with E-state index in [4.69, 9.17) is 5.11 Å². The SMILES string of the molecule is CCC[C@H](NS(=O)(=O)c1ccc([N+](=O)[O-])c(F)c1)C(=O)O. The number of aliphatic carboxylic acids is 1. The van der Waals surface area contributed by atoms with Gasteiger partial charge in [-0.2, -0.15) is 9.11 Å². The number of nitro groups is 1. The highest BCUT2D eigenvalue weighted by Crippen LogP contribution is 2.21. The van der Waals surface area contributed by atoms with Gasteiger partial charge in [-0.1, -0.05) is 13.3 Å². The van der Waals surface area contributed by atoms with Gasteiger partial charge in [-0.15, -0.1) is 0 Å². The minimum Gasteiger partial charge on any atom is -0.480 e. The van der Waals surface area contributed by atoms with Gasteiger partial charge in [0.15, 0.2) is 0 Å². The molecule has 1 aromatic rings. The van der Waals surface area contributed by atoms with E-state index in [1.807, 2.05) is 4.72 Å². The molecule has 0 saturated heterocycles. The molecule has 2 N–H and O–H groups in total. The standard InChI is InChI=1S/C11H13FN2O6S/c1-2-3-9(11(15)16)13-21(19,20)7-4-5-10(14(17)18)8(12)6-7/h4-6,9,13H,2-3H2,1H3,(H,15,16)/t9-/m0/s1. The first-order valence-corrected chi connectivity index (χ1v) is 7.36. The number of rotatable bonds is 7. The van der Waals surface area contributed by atoms with Crippen LogP contribution in [-0.4, -0.2) is 30.5 Å². The van der Waals surface area contributed by atoms with Crippen LogP contribution in [0.15, 0.2) is 23.1 Å². The molecule has 0 bridgehead atoms. The molecule has 1 aromatic carbocycles. The summed E-state index contributed by atoms with van der Waals surface area (Å²) >= 11 is 0. The Bertz CT molecular complexity index is 661. The molecule has 0 amide bonds. The Kier molecular flexibility index (Phi) is 5.33. The van der Waals surface area contributed by atoms with Gasteiger partial charge in [0.05, 0.1) is 9.82 Å². The fourth-order valence-electron chi connectivity index (χ4n) is 1.58. The van der Waals surface area contributed by atoms with Crippen molar-refractivity contribution in [2.24, 2.45) is 0 Å². The Hall–Kier alpha value is -2.07. The maximum Gasteiger partial charge on any atom is 0.321 e. The van der Waals surface area contributed by atoms with E-state index >= 15 is 0 Å². The number of hydrogen-bond donors (Lipinski definition) is 2. The maximum absolute atomic E-state index is 13.4. The van der Waals surface area contributed by atoms with Crippen LogP contribution in [0.5, 0.6) is 0 Å². The van der Waals surface area contributed by atoms with Crippen LogP contribution in [0.4, 0.5) is 10.1 Å². The van der Waals surface area contributed by atoms with E-state index < -0.39 is 43.4 Å². The molecule has 116 valence electrons. The minimum atomic E-state index is -4.29. The van der Waals surface area contributed by atoms with E-state index in [-0.39, 0.29) is 6.42 Å². The smallest absolute Gasteiger partial charge is 0.321 e. The summed E-state index contributed by atoms with van der Waals surface area (Å²) in [5.41, 5.74) is -0.864. The molecule has 0 aromatic heterocycles. The Morgan fingerprint density at radius 3 is 2.57 bits per heavy atom. The van der Waals surface area contributed by atoms with Gasteiger partial charge in [0.25, 0.3) is 0 Å². The molecule has 8 nitrogen and oxygen atoms in total. The number of nitrogens with zero attached hydrogens (tertiary/aromatic N) is 1. The average molecular weight is 320 g/mol. The molecule has 0 heterocycles. The van der Waals surface area contributed by atoms with Crippen molar-refractivity contribution in [2.45, 2.75) is 30.7 Å². The summed E-state index contributed by atoms with van der Waals surface area (Å²) < 4.78 is 39.2. The fraction of sp³-hybridized carbons (Fsp3) is 0.364. The molecule has 0 radical (unpaired) electrons. The van der Waals surface area contributed by atoms with E-state index in [0.29, 0.717) is 18.6 Å². The second-order valence-corrected chi connectivity index (χ2v) is 5.89. The number of nitrogens with one attached hydrogen (secondary N) is 1. The van der Waals surface area contributed by atoms with Gasteiger partial charge >= 0.3 is 11.7 Å². The quantitative estimate of drug-likeness (QED) is 0.575. The van der Waals surface area contributed by atoms with Gasteiger partial charge in [-0.3, -0.25) is 14.9 Å². The van der Waals surface area contributed by atoms with Crippen LogP contribution in [0.2, 0.25) is 0 Å². The summed E-state index contributed by atoms with van der Waals surface area (Å²) in [7, 11) is -4.29. The number of benzene rings is 1. The zero-order valence-electron chi connectivity index (χ0n) is 10.9. The van der Waals surface area contributed by atoms with Gasteiger partial charge in [0.1, 0.15) is 6.04 Å². The Morgan fingerprint density at radius 1 is 1.52 bits per heavy atom. The molecule has 0 aliphatic carbocycles. The van der Waals surface area contributed by atoms with Crippen molar-refractivity contribution in [3.63, 3.8) is 0 Å². The van der Waals surface area contributed by atoms with Crippen molar-refractivity contribution < 1.29 is 27.6 Å². The monoisotopic (exact) mass is 320 g/mol. The van der Waals surface area contributed by atoms with E-state index in [9.17, 15) is 27.7 Å². The van der Waals surface area contributed by atoms with Crippen molar-refractivity contribution in [3.8, 4) is 0 Å². The molecular formula is C11H13FN2O6S. The minimum absolute atomic E-state index is 0.0596. The third kappa shape index (κ3) is 4.20. The zero-order valence-corrected chi connectivity index (χ0v) is 11.8. The second-order valence-electron chi connectivity index (χ2n) is 4.17. The summed E-state index contributed by atoms with van der Waals surface area (Å²) in [4.78, 5) is 19.8. The summed E-state index contributed by atoms with van der Waals surface area (Å²) in [6.07, 6.45) is 0.484. The molecule has 10 heteroatoms. The molecule has 1 atom stereocenters. The number of hydrogen-bond acceptors (Lipinski definition) is 5. The first-order valence-electron chi connectivity index (χ1n) is 5.88. The van der Waals surface area contributed by atoms with Crippen molar-refractivity contribution in [3.05, 3.63) is 34.1 Å². The van der Waals surface area contributed by atoms with Crippen molar-refractivity contribution in [1.29, 1.82) is 0 Å². The van der Waals surface area contributed by atoms with Gasteiger partial charge < -0.3 is 5.11 Å². The highest BCUT2D eigenvalue weighted by molar-refractivity contribution is 7.89. The van der Waals surface area contributed by atoms with Crippen LogP contribution in [0.25, 0.3) is 0 Å². The molecule has 1 rings (SSSR count). The summed E-state index contributed by atoms with van der Waals surface area (Å²) in [6, 6.07) is 0.678. The lowest BCUT2D eigenvalue weighted by molar-refractivity contribution is -0.387. The number of carboxylic acids is 1. The first kappa shape index (κ1) is 17.0. The fourth-order valence-corrected chi connectivity index (χ4v) is 2.81. The van der Waals surface area contributed by atoms with Gasteiger partial charge in [-0.05, 0) is 12.5 Å². The van der Waals surface area contributed by atoms with Crippen LogP contribution >= 0.6 is 0 Å². The highest BCUT2D eigenvalue weighted by atomic mass is 32.2.